The van der Waals surface area contributed by atoms with Crippen molar-refractivity contribution in [1.82, 2.24) is 5.32 Å². The zero-order valence-corrected chi connectivity index (χ0v) is 13.1. The largest absolute Gasteiger partial charge is 0.497 e. The SMILES string of the molecule is COc1ccc(CCC(=O)NC(C)c2ccc(F)cc2F)cc1. The van der Waals surface area contributed by atoms with E-state index in [-0.39, 0.29) is 11.5 Å². The standard InChI is InChI=1S/C18H19F2NO2/c1-12(16-9-6-14(19)11-17(16)20)21-18(22)10-5-13-3-7-15(23-2)8-4-13/h3-4,6-9,11-12H,5,10H2,1-2H3,(H,21,22). The first-order valence-electron chi connectivity index (χ1n) is 7.37. The van der Waals surface area contributed by atoms with Gasteiger partial charge >= 0.3 is 0 Å². The molecule has 1 atom stereocenters. The Morgan fingerprint density at radius 1 is 1.17 bits per heavy atom. The maximum absolute atomic E-state index is 13.7. The van der Waals surface area contributed by atoms with E-state index in [0.29, 0.717) is 12.8 Å². The summed E-state index contributed by atoms with van der Waals surface area (Å²) in [5.41, 5.74) is 1.28. The molecule has 0 aliphatic rings. The van der Waals surface area contributed by atoms with Crippen LogP contribution in [0.5, 0.6) is 5.75 Å². The Kier molecular flexibility index (Phi) is 5.68. The van der Waals surface area contributed by atoms with Gasteiger partial charge in [0.1, 0.15) is 17.4 Å². The fourth-order valence-electron chi connectivity index (χ4n) is 2.29. The fraction of sp³-hybridized carbons (Fsp3) is 0.278. The van der Waals surface area contributed by atoms with Crippen molar-refractivity contribution < 1.29 is 18.3 Å². The second-order valence-corrected chi connectivity index (χ2v) is 5.30. The van der Waals surface area contributed by atoms with Gasteiger partial charge in [-0.2, -0.15) is 0 Å². The van der Waals surface area contributed by atoms with E-state index in [1.807, 2.05) is 24.3 Å². The summed E-state index contributed by atoms with van der Waals surface area (Å²) in [6.45, 7) is 1.67. The molecule has 1 amide bonds. The Labute approximate surface area is 134 Å². The number of rotatable bonds is 6. The molecule has 0 radical (unpaired) electrons. The van der Waals surface area contributed by atoms with E-state index in [0.717, 1.165) is 17.4 Å². The highest BCUT2D eigenvalue weighted by molar-refractivity contribution is 5.76. The number of nitrogens with one attached hydrogen (secondary N) is 1. The van der Waals surface area contributed by atoms with Gasteiger partial charge in [-0.15, -0.1) is 0 Å². The van der Waals surface area contributed by atoms with E-state index in [9.17, 15) is 13.6 Å². The van der Waals surface area contributed by atoms with Crippen molar-refractivity contribution in [3.05, 3.63) is 65.2 Å². The second kappa shape index (κ2) is 7.72. The van der Waals surface area contributed by atoms with Gasteiger partial charge in [-0.3, -0.25) is 4.79 Å². The van der Waals surface area contributed by atoms with Gasteiger partial charge in [0.05, 0.1) is 13.2 Å². The number of hydrogen-bond donors (Lipinski definition) is 1. The number of halogens is 2. The summed E-state index contributed by atoms with van der Waals surface area (Å²) in [6.07, 6.45) is 0.869. The van der Waals surface area contributed by atoms with Crippen LogP contribution in [0, 0.1) is 11.6 Å². The number of carbonyl (C=O) groups is 1. The fourth-order valence-corrected chi connectivity index (χ4v) is 2.29. The van der Waals surface area contributed by atoms with Crippen molar-refractivity contribution in [3.63, 3.8) is 0 Å². The van der Waals surface area contributed by atoms with Crippen molar-refractivity contribution in [1.29, 1.82) is 0 Å². The summed E-state index contributed by atoms with van der Waals surface area (Å²) in [5, 5.41) is 2.72. The van der Waals surface area contributed by atoms with Gasteiger partial charge < -0.3 is 10.1 Å². The van der Waals surface area contributed by atoms with Crippen molar-refractivity contribution >= 4 is 5.91 Å². The lowest BCUT2D eigenvalue weighted by atomic mass is 10.1. The molecule has 2 aromatic rings. The average molecular weight is 319 g/mol. The molecule has 0 spiro atoms. The third kappa shape index (κ3) is 4.77. The quantitative estimate of drug-likeness (QED) is 0.880. The van der Waals surface area contributed by atoms with Crippen molar-refractivity contribution in [3.8, 4) is 5.75 Å². The summed E-state index contributed by atoms with van der Waals surface area (Å²) < 4.78 is 31.6. The van der Waals surface area contributed by atoms with E-state index in [1.54, 1.807) is 14.0 Å². The molecule has 5 heteroatoms. The Hall–Kier alpha value is -2.43. The lowest BCUT2D eigenvalue weighted by molar-refractivity contribution is -0.121. The van der Waals surface area contributed by atoms with Gasteiger partial charge in [0.25, 0.3) is 0 Å². The van der Waals surface area contributed by atoms with Gasteiger partial charge in [-0.25, -0.2) is 8.78 Å². The number of aryl methyl sites for hydroxylation is 1. The van der Waals surface area contributed by atoms with Crippen LogP contribution in [0.3, 0.4) is 0 Å². The van der Waals surface area contributed by atoms with E-state index in [4.69, 9.17) is 4.74 Å². The lowest BCUT2D eigenvalue weighted by Crippen LogP contribution is -2.27. The topological polar surface area (TPSA) is 38.3 Å². The van der Waals surface area contributed by atoms with Crippen molar-refractivity contribution in [2.24, 2.45) is 0 Å². The van der Waals surface area contributed by atoms with E-state index in [1.165, 1.54) is 12.1 Å². The highest BCUT2D eigenvalue weighted by Crippen LogP contribution is 2.18. The van der Waals surface area contributed by atoms with Gasteiger partial charge in [0.15, 0.2) is 0 Å². The smallest absolute Gasteiger partial charge is 0.220 e. The maximum Gasteiger partial charge on any atom is 0.220 e. The lowest BCUT2D eigenvalue weighted by Gasteiger charge is -2.15. The first-order chi connectivity index (χ1) is 11.0. The molecule has 0 saturated heterocycles. The molecule has 23 heavy (non-hydrogen) atoms. The molecule has 0 aliphatic carbocycles. The molecule has 0 saturated carbocycles. The van der Waals surface area contributed by atoms with E-state index >= 15 is 0 Å². The molecule has 0 aromatic heterocycles. The summed E-state index contributed by atoms with van der Waals surface area (Å²) >= 11 is 0. The number of benzene rings is 2. The van der Waals surface area contributed by atoms with Crippen LogP contribution in [0.25, 0.3) is 0 Å². The van der Waals surface area contributed by atoms with Crippen LogP contribution in [0.15, 0.2) is 42.5 Å². The van der Waals surface area contributed by atoms with Crippen LogP contribution >= 0.6 is 0 Å². The Bertz CT molecular complexity index is 671. The Balaban J connectivity index is 1.88. The highest BCUT2D eigenvalue weighted by atomic mass is 19.1. The minimum atomic E-state index is -0.659. The number of methoxy groups -OCH3 is 1. The van der Waals surface area contributed by atoms with Crippen LogP contribution in [0.2, 0.25) is 0 Å². The van der Waals surface area contributed by atoms with E-state index < -0.39 is 17.7 Å². The molecule has 2 aromatic carbocycles. The molecule has 0 aliphatic heterocycles. The third-order valence-corrected chi connectivity index (χ3v) is 3.61. The van der Waals surface area contributed by atoms with Gasteiger partial charge in [0, 0.05) is 18.1 Å². The number of ether oxygens (including phenoxy) is 1. The summed E-state index contributed by atoms with van der Waals surface area (Å²) in [6, 6.07) is 10.3. The van der Waals surface area contributed by atoms with Crippen LogP contribution in [0.4, 0.5) is 8.78 Å². The van der Waals surface area contributed by atoms with Crippen LogP contribution in [-0.4, -0.2) is 13.0 Å². The first kappa shape index (κ1) is 16.9. The van der Waals surface area contributed by atoms with Gasteiger partial charge in [0.2, 0.25) is 5.91 Å². The Morgan fingerprint density at radius 3 is 2.48 bits per heavy atom. The number of carbonyl (C=O) groups excluding carboxylic acids is 1. The van der Waals surface area contributed by atoms with Gasteiger partial charge in [-0.05, 0) is 37.1 Å². The van der Waals surface area contributed by atoms with Crippen molar-refractivity contribution in [2.45, 2.75) is 25.8 Å². The zero-order chi connectivity index (χ0) is 16.8. The predicted molar refractivity (Wildman–Crippen MR) is 84.2 cm³/mol. The molecular formula is C18H19F2NO2. The molecule has 3 nitrogen and oxygen atoms in total. The summed E-state index contributed by atoms with van der Waals surface area (Å²) in [7, 11) is 1.60. The minimum absolute atomic E-state index is 0.183. The molecular weight excluding hydrogens is 300 g/mol. The number of hydrogen-bond acceptors (Lipinski definition) is 2. The minimum Gasteiger partial charge on any atom is -0.497 e. The molecule has 0 fully saturated rings. The normalized spacial score (nSPS) is 11.8. The molecule has 1 unspecified atom stereocenters. The summed E-state index contributed by atoms with van der Waals surface area (Å²) in [5.74, 6) is -0.715. The molecule has 122 valence electrons. The van der Waals surface area contributed by atoms with Gasteiger partial charge in [-0.1, -0.05) is 18.2 Å². The van der Waals surface area contributed by atoms with Crippen LogP contribution < -0.4 is 10.1 Å². The molecule has 2 rings (SSSR count). The molecule has 0 bridgehead atoms. The zero-order valence-electron chi connectivity index (χ0n) is 13.1. The summed E-state index contributed by atoms with van der Waals surface area (Å²) in [4.78, 5) is 12.0. The van der Waals surface area contributed by atoms with Crippen LogP contribution in [0.1, 0.15) is 30.5 Å². The third-order valence-electron chi connectivity index (χ3n) is 3.61. The predicted octanol–water partition coefficient (Wildman–Crippen LogP) is 3.78. The van der Waals surface area contributed by atoms with E-state index in [2.05, 4.69) is 5.32 Å². The number of amides is 1. The van der Waals surface area contributed by atoms with Crippen molar-refractivity contribution in [2.75, 3.05) is 7.11 Å². The average Bonchev–Trinajstić information content (AvgIpc) is 2.53. The monoisotopic (exact) mass is 319 g/mol. The van der Waals surface area contributed by atoms with Crippen LogP contribution in [-0.2, 0) is 11.2 Å². The molecule has 0 heterocycles. The Morgan fingerprint density at radius 2 is 1.87 bits per heavy atom. The maximum atomic E-state index is 13.7. The second-order valence-electron chi connectivity index (χ2n) is 5.30. The molecule has 1 N–H and O–H groups in total. The highest BCUT2D eigenvalue weighted by Gasteiger charge is 2.14. The first-order valence-corrected chi connectivity index (χ1v) is 7.37.